The average molecular weight is 592 g/mol. The van der Waals surface area contributed by atoms with Crippen LogP contribution in [0, 0.1) is 0 Å². The fraction of sp³-hybridized carbons (Fsp3) is 0.656. The van der Waals surface area contributed by atoms with Crippen molar-refractivity contribution in [2.75, 3.05) is 27.9 Å². The molecular formula is C32H53NO7Si. The molecule has 1 atom stereocenters. The SMILES string of the molecule is C=C.C=C.CO[Si](CC(=O)OCC(ON1C2(CCCCC2)CC(O)CC12CCCCC2)c1ccccc1)(OC)OC. The van der Waals surface area contributed by atoms with Crippen molar-refractivity contribution in [1.29, 1.82) is 0 Å². The third kappa shape index (κ3) is 8.83. The number of hydrogen-bond acceptors (Lipinski definition) is 8. The Morgan fingerprint density at radius 3 is 1.78 bits per heavy atom. The molecule has 3 fully saturated rings. The summed E-state index contributed by atoms with van der Waals surface area (Å²) in [6.45, 7) is 12.1. The molecule has 0 radical (unpaired) electrons. The molecule has 1 aromatic rings. The van der Waals surface area contributed by atoms with E-state index >= 15 is 0 Å². The molecule has 1 saturated heterocycles. The van der Waals surface area contributed by atoms with Gasteiger partial charge in [-0.1, -0.05) is 68.9 Å². The van der Waals surface area contributed by atoms with Crippen molar-refractivity contribution < 1.29 is 32.8 Å². The van der Waals surface area contributed by atoms with Crippen molar-refractivity contribution in [1.82, 2.24) is 5.06 Å². The predicted octanol–water partition coefficient (Wildman–Crippen LogP) is 6.55. The molecule has 1 N–H and O–H groups in total. The number of carbonyl (C=O) groups is 1. The fourth-order valence-corrected chi connectivity index (χ4v) is 8.31. The van der Waals surface area contributed by atoms with E-state index in [-0.39, 0.29) is 29.8 Å². The molecule has 0 aromatic heterocycles. The average Bonchev–Trinajstić information content (AvgIpc) is 3.02. The van der Waals surface area contributed by atoms with Crippen LogP contribution in [-0.2, 0) is 27.6 Å². The van der Waals surface area contributed by atoms with Gasteiger partial charge in [0.05, 0.1) is 6.10 Å². The number of benzene rings is 1. The second-order valence-corrected chi connectivity index (χ2v) is 14.0. The largest absolute Gasteiger partial charge is 0.511 e. The monoisotopic (exact) mass is 591 g/mol. The second kappa shape index (κ2) is 17.3. The smallest absolute Gasteiger partial charge is 0.462 e. The highest BCUT2D eigenvalue weighted by atomic mass is 28.4. The van der Waals surface area contributed by atoms with Gasteiger partial charge in [0.25, 0.3) is 0 Å². The number of aliphatic hydroxyl groups excluding tert-OH is 1. The molecule has 0 bridgehead atoms. The Morgan fingerprint density at radius 1 is 0.878 bits per heavy atom. The number of hydroxylamine groups is 2. The molecule has 232 valence electrons. The van der Waals surface area contributed by atoms with Crippen LogP contribution in [0.3, 0.4) is 0 Å². The van der Waals surface area contributed by atoms with Crippen LogP contribution in [-0.4, -0.2) is 70.1 Å². The van der Waals surface area contributed by atoms with Crippen LogP contribution >= 0.6 is 0 Å². The van der Waals surface area contributed by atoms with E-state index in [9.17, 15) is 9.90 Å². The van der Waals surface area contributed by atoms with Gasteiger partial charge < -0.3 is 23.1 Å². The van der Waals surface area contributed by atoms with Gasteiger partial charge in [0.15, 0.2) is 0 Å². The number of aliphatic hydroxyl groups is 1. The minimum atomic E-state index is -3.10. The van der Waals surface area contributed by atoms with E-state index in [1.54, 1.807) is 0 Å². The highest BCUT2D eigenvalue weighted by Gasteiger charge is 2.56. The Labute approximate surface area is 249 Å². The Hall–Kier alpha value is -1.85. The molecule has 1 unspecified atom stereocenters. The lowest BCUT2D eigenvalue weighted by Crippen LogP contribution is -2.67. The van der Waals surface area contributed by atoms with Gasteiger partial charge >= 0.3 is 14.8 Å². The van der Waals surface area contributed by atoms with E-state index in [1.165, 1.54) is 34.2 Å². The maximum absolute atomic E-state index is 12.9. The first-order valence-corrected chi connectivity index (χ1v) is 16.8. The highest BCUT2D eigenvalue weighted by Crippen LogP contribution is 2.52. The zero-order chi connectivity index (χ0) is 30.4. The minimum Gasteiger partial charge on any atom is -0.462 e. The molecule has 3 aliphatic rings. The van der Waals surface area contributed by atoms with Crippen LogP contribution in [0.4, 0.5) is 0 Å². The van der Waals surface area contributed by atoms with E-state index in [0.29, 0.717) is 0 Å². The molecule has 1 aliphatic heterocycles. The molecule has 1 heterocycles. The van der Waals surface area contributed by atoms with Crippen molar-refractivity contribution in [2.24, 2.45) is 0 Å². The van der Waals surface area contributed by atoms with Crippen molar-refractivity contribution in [2.45, 2.75) is 106 Å². The summed E-state index contributed by atoms with van der Waals surface area (Å²) in [6.07, 6.45) is 11.8. The molecular weight excluding hydrogens is 538 g/mol. The number of rotatable bonds is 10. The van der Waals surface area contributed by atoms with Gasteiger partial charge in [-0.25, -0.2) is 0 Å². The van der Waals surface area contributed by atoms with Crippen molar-refractivity contribution in [3.05, 3.63) is 62.2 Å². The molecule has 9 heteroatoms. The molecule has 1 aromatic carbocycles. The molecule has 2 aliphatic carbocycles. The summed E-state index contributed by atoms with van der Waals surface area (Å²) in [6, 6.07) is 9.93. The van der Waals surface area contributed by atoms with Crippen LogP contribution in [0.25, 0.3) is 0 Å². The number of hydrogen-bond donors (Lipinski definition) is 1. The summed E-state index contributed by atoms with van der Waals surface area (Å²) in [5, 5.41) is 13.4. The van der Waals surface area contributed by atoms with Crippen LogP contribution < -0.4 is 0 Å². The zero-order valence-electron chi connectivity index (χ0n) is 25.6. The molecule has 8 nitrogen and oxygen atoms in total. The molecule has 4 rings (SSSR count). The lowest BCUT2D eigenvalue weighted by atomic mass is 9.66. The summed E-state index contributed by atoms with van der Waals surface area (Å²) >= 11 is 0. The molecule has 0 amide bonds. The van der Waals surface area contributed by atoms with Gasteiger partial charge in [0.2, 0.25) is 0 Å². The number of piperidine rings is 1. The van der Waals surface area contributed by atoms with E-state index < -0.39 is 20.9 Å². The number of ether oxygens (including phenoxy) is 1. The van der Waals surface area contributed by atoms with Crippen LogP contribution in [0.5, 0.6) is 0 Å². The van der Waals surface area contributed by atoms with Crippen LogP contribution in [0.2, 0.25) is 6.04 Å². The van der Waals surface area contributed by atoms with E-state index in [2.05, 4.69) is 31.4 Å². The molecule has 2 saturated carbocycles. The maximum Gasteiger partial charge on any atom is 0.511 e. The Kier molecular flexibility index (Phi) is 14.9. The summed E-state index contributed by atoms with van der Waals surface area (Å²) in [7, 11) is 1.36. The first-order valence-electron chi connectivity index (χ1n) is 14.9. The van der Waals surface area contributed by atoms with Gasteiger partial charge in [-0.3, -0.25) is 9.63 Å². The quantitative estimate of drug-likeness (QED) is 0.186. The first kappa shape index (κ1) is 35.3. The fourth-order valence-electron chi connectivity index (χ4n) is 6.92. The lowest BCUT2D eigenvalue weighted by molar-refractivity contribution is -0.345. The summed E-state index contributed by atoms with van der Waals surface area (Å²) in [5.74, 6) is -0.435. The van der Waals surface area contributed by atoms with E-state index in [1.807, 2.05) is 30.3 Å². The molecule has 41 heavy (non-hydrogen) atoms. The van der Waals surface area contributed by atoms with Crippen LogP contribution in [0.1, 0.15) is 88.7 Å². The van der Waals surface area contributed by atoms with E-state index in [0.717, 1.165) is 69.8 Å². The number of carbonyl (C=O) groups excluding carboxylic acids is 1. The van der Waals surface area contributed by atoms with Crippen molar-refractivity contribution in [3.8, 4) is 0 Å². The number of esters is 1. The summed E-state index contributed by atoms with van der Waals surface area (Å²) < 4.78 is 22.0. The van der Waals surface area contributed by atoms with Crippen LogP contribution in [0.15, 0.2) is 56.6 Å². The van der Waals surface area contributed by atoms with Crippen molar-refractivity contribution >= 4 is 14.8 Å². The summed E-state index contributed by atoms with van der Waals surface area (Å²) in [4.78, 5) is 19.9. The lowest BCUT2D eigenvalue weighted by Gasteiger charge is -2.61. The summed E-state index contributed by atoms with van der Waals surface area (Å²) in [5.41, 5.74) is 0.593. The third-order valence-electron chi connectivity index (χ3n) is 8.75. The van der Waals surface area contributed by atoms with Gasteiger partial charge in [0, 0.05) is 32.4 Å². The molecule has 2 spiro atoms. The normalized spacial score (nSPS) is 22.5. The number of nitrogens with zero attached hydrogens (tertiary/aromatic N) is 1. The van der Waals surface area contributed by atoms with E-state index in [4.69, 9.17) is 22.9 Å². The Morgan fingerprint density at radius 2 is 1.34 bits per heavy atom. The van der Waals surface area contributed by atoms with Gasteiger partial charge in [-0.2, -0.15) is 5.06 Å². The van der Waals surface area contributed by atoms with Gasteiger partial charge in [-0.05, 0) is 44.1 Å². The van der Waals surface area contributed by atoms with Gasteiger partial charge in [0.1, 0.15) is 18.8 Å². The highest BCUT2D eigenvalue weighted by molar-refractivity contribution is 6.63. The first-order chi connectivity index (χ1) is 19.9. The second-order valence-electron chi connectivity index (χ2n) is 11.1. The Balaban J connectivity index is 0.00000141. The maximum atomic E-state index is 12.9. The third-order valence-corrected chi connectivity index (χ3v) is 11.3. The topological polar surface area (TPSA) is 86.7 Å². The Bertz CT molecular complexity index is 847. The van der Waals surface area contributed by atoms with Gasteiger partial charge in [-0.15, -0.1) is 26.3 Å². The predicted molar refractivity (Wildman–Crippen MR) is 164 cm³/mol. The standard InChI is InChI=1S/C28H45NO7Si.2C2H4/c1-32-37(33-2,34-3)22-26(31)35-21-25(23-13-7-4-8-14-23)36-29-27(15-9-5-10-16-27)19-24(30)20-28(29)17-11-6-12-18-28;2*1-2/h4,7-8,13-14,24-25,30H,5-6,9-12,15-22H2,1-3H3;2*1-2H2. The minimum absolute atomic E-state index is 0.0677. The zero-order valence-corrected chi connectivity index (χ0v) is 26.6. The van der Waals surface area contributed by atoms with Crippen molar-refractivity contribution in [3.63, 3.8) is 0 Å².